The van der Waals surface area contributed by atoms with Crippen molar-refractivity contribution in [2.75, 3.05) is 13.1 Å². The quantitative estimate of drug-likeness (QED) is 0.933. The number of benzene rings is 1. The molecule has 1 unspecified atom stereocenters. The summed E-state index contributed by atoms with van der Waals surface area (Å²) in [6.45, 7) is 3.38. The fourth-order valence-electron chi connectivity index (χ4n) is 3.68. The summed E-state index contributed by atoms with van der Waals surface area (Å²) in [4.78, 5) is 26.5. The van der Waals surface area contributed by atoms with Gasteiger partial charge in [0.2, 0.25) is 0 Å². The first-order chi connectivity index (χ1) is 10.6. The van der Waals surface area contributed by atoms with E-state index in [0.717, 1.165) is 30.4 Å². The molecule has 1 atom stereocenters. The molecule has 4 heteroatoms. The SMILES string of the molecule is CCC(O)C1CCN(C(=O)c2cccc3c2CCC3=O)CC1. The van der Waals surface area contributed by atoms with E-state index in [2.05, 4.69) is 0 Å². The van der Waals surface area contributed by atoms with Crippen LogP contribution in [0.25, 0.3) is 0 Å². The Morgan fingerprint density at radius 3 is 2.73 bits per heavy atom. The van der Waals surface area contributed by atoms with E-state index in [4.69, 9.17) is 0 Å². The summed E-state index contributed by atoms with van der Waals surface area (Å²) in [6.07, 6.45) is 3.43. The third-order valence-electron chi connectivity index (χ3n) is 5.10. The van der Waals surface area contributed by atoms with Crippen molar-refractivity contribution in [3.8, 4) is 0 Å². The van der Waals surface area contributed by atoms with Gasteiger partial charge in [-0.1, -0.05) is 19.1 Å². The van der Waals surface area contributed by atoms with Gasteiger partial charge in [-0.25, -0.2) is 0 Å². The van der Waals surface area contributed by atoms with E-state index in [1.165, 1.54) is 0 Å². The summed E-state index contributed by atoms with van der Waals surface area (Å²) in [5.74, 6) is 0.488. The molecule has 22 heavy (non-hydrogen) atoms. The molecule has 1 heterocycles. The van der Waals surface area contributed by atoms with Crippen LogP contribution in [0.5, 0.6) is 0 Å². The minimum atomic E-state index is -0.254. The number of rotatable bonds is 3. The Balaban J connectivity index is 1.73. The molecule has 1 aromatic rings. The number of aliphatic hydroxyl groups is 1. The van der Waals surface area contributed by atoms with E-state index in [0.29, 0.717) is 37.4 Å². The predicted molar refractivity (Wildman–Crippen MR) is 84.0 cm³/mol. The number of ketones is 1. The summed E-state index contributed by atoms with van der Waals surface area (Å²) in [7, 11) is 0. The lowest BCUT2D eigenvalue weighted by Gasteiger charge is -2.34. The number of carbonyl (C=O) groups is 2. The highest BCUT2D eigenvalue weighted by molar-refractivity contribution is 6.05. The van der Waals surface area contributed by atoms with Crippen LogP contribution in [0.1, 0.15) is 58.9 Å². The Morgan fingerprint density at radius 2 is 2.05 bits per heavy atom. The van der Waals surface area contributed by atoms with Crippen molar-refractivity contribution in [3.63, 3.8) is 0 Å². The van der Waals surface area contributed by atoms with Crippen LogP contribution in [0.15, 0.2) is 18.2 Å². The fourth-order valence-corrected chi connectivity index (χ4v) is 3.68. The number of likely N-dealkylation sites (tertiary alicyclic amines) is 1. The Morgan fingerprint density at radius 1 is 1.32 bits per heavy atom. The number of nitrogens with zero attached hydrogens (tertiary/aromatic N) is 1. The Bertz CT molecular complexity index is 588. The monoisotopic (exact) mass is 301 g/mol. The van der Waals surface area contributed by atoms with E-state index in [9.17, 15) is 14.7 Å². The van der Waals surface area contributed by atoms with Crippen molar-refractivity contribution >= 4 is 11.7 Å². The number of carbonyl (C=O) groups excluding carboxylic acids is 2. The van der Waals surface area contributed by atoms with E-state index < -0.39 is 0 Å². The van der Waals surface area contributed by atoms with Crippen molar-refractivity contribution < 1.29 is 14.7 Å². The molecule has 4 nitrogen and oxygen atoms in total. The van der Waals surface area contributed by atoms with Gasteiger partial charge in [-0.15, -0.1) is 0 Å². The summed E-state index contributed by atoms with van der Waals surface area (Å²) in [5.41, 5.74) is 2.34. The average molecular weight is 301 g/mol. The lowest BCUT2D eigenvalue weighted by atomic mass is 9.89. The van der Waals surface area contributed by atoms with Crippen molar-refractivity contribution in [1.82, 2.24) is 4.90 Å². The van der Waals surface area contributed by atoms with Gasteiger partial charge < -0.3 is 10.0 Å². The van der Waals surface area contributed by atoms with Crippen LogP contribution in [-0.4, -0.2) is 40.9 Å². The molecular weight excluding hydrogens is 278 g/mol. The minimum Gasteiger partial charge on any atom is -0.393 e. The molecule has 0 bridgehead atoms. The average Bonchev–Trinajstić information content (AvgIpc) is 2.95. The molecule has 2 aliphatic rings. The van der Waals surface area contributed by atoms with Crippen molar-refractivity contribution in [2.45, 2.75) is 45.1 Å². The topological polar surface area (TPSA) is 57.6 Å². The third-order valence-corrected chi connectivity index (χ3v) is 5.10. The standard InChI is InChI=1S/C18H23NO3/c1-2-16(20)12-8-10-19(11-9-12)18(22)15-5-3-4-14-13(15)6-7-17(14)21/h3-5,12,16,20H,2,6-11H2,1H3. The minimum absolute atomic E-state index is 0.0380. The Hall–Kier alpha value is -1.68. The Kier molecular flexibility index (Phi) is 4.30. The fraction of sp³-hybridized carbons (Fsp3) is 0.556. The van der Waals surface area contributed by atoms with Gasteiger partial charge in [-0.3, -0.25) is 9.59 Å². The van der Waals surface area contributed by atoms with Gasteiger partial charge in [-0.05, 0) is 43.2 Å². The van der Waals surface area contributed by atoms with Gasteiger partial charge in [-0.2, -0.15) is 0 Å². The smallest absolute Gasteiger partial charge is 0.254 e. The first-order valence-electron chi connectivity index (χ1n) is 8.24. The number of amides is 1. The lowest BCUT2D eigenvalue weighted by Crippen LogP contribution is -2.41. The summed E-state index contributed by atoms with van der Waals surface area (Å²) >= 11 is 0. The number of Topliss-reactive ketones (excluding diaryl/α,β-unsaturated/α-hetero) is 1. The van der Waals surface area contributed by atoms with Gasteiger partial charge in [0, 0.05) is 30.6 Å². The molecule has 0 radical (unpaired) electrons. The first-order valence-corrected chi connectivity index (χ1v) is 8.24. The van der Waals surface area contributed by atoms with Crippen molar-refractivity contribution in [2.24, 2.45) is 5.92 Å². The number of aliphatic hydroxyl groups excluding tert-OH is 1. The molecule has 1 aromatic carbocycles. The zero-order chi connectivity index (χ0) is 15.7. The zero-order valence-electron chi connectivity index (χ0n) is 13.0. The number of hydrogen-bond acceptors (Lipinski definition) is 3. The molecule has 1 amide bonds. The molecule has 0 saturated carbocycles. The van der Waals surface area contributed by atoms with E-state index in [-0.39, 0.29) is 17.8 Å². The third kappa shape index (κ3) is 2.68. The second kappa shape index (κ2) is 6.21. The largest absolute Gasteiger partial charge is 0.393 e. The number of hydrogen-bond donors (Lipinski definition) is 1. The lowest BCUT2D eigenvalue weighted by molar-refractivity contribution is 0.0453. The second-order valence-corrected chi connectivity index (χ2v) is 6.36. The van der Waals surface area contributed by atoms with E-state index in [1.807, 2.05) is 30.0 Å². The van der Waals surface area contributed by atoms with E-state index in [1.54, 1.807) is 0 Å². The van der Waals surface area contributed by atoms with Crippen molar-refractivity contribution in [1.29, 1.82) is 0 Å². The molecular formula is C18H23NO3. The van der Waals surface area contributed by atoms with Gasteiger partial charge in [0.25, 0.3) is 5.91 Å². The van der Waals surface area contributed by atoms with Gasteiger partial charge in [0.1, 0.15) is 0 Å². The molecule has 3 rings (SSSR count). The molecule has 1 N–H and O–H groups in total. The van der Waals surface area contributed by atoms with Crippen molar-refractivity contribution in [3.05, 3.63) is 34.9 Å². The zero-order valence-corrected chi connectivity index (χ0v) is 13.0. The normalized spacial score (nSPS) is 20.1. The number of fused-ring (bicyclic) bond motifs is 1. The highest BCUT2D eigenvalue weighted by atomic mass is 16.3. The summed E-state index contributed by atoms with van der Waals surface area (Å²) in [5, 5.41) is 9.94. The molecule has 118 valence electrons. The molecule has 1 fully saturated rings. The maximum atomic E-state index is 12.8. The predicted octanol–water partition coefficient (Wildman–Crippen LogP) is 2.44. The highest BCUT2D eigenvalue weighted by Gasteiger charge is 2.30. The Labute approximate surface area is 131 Å². The van der Waals surface area contributed by atoms with Crippen LogP contribution < -0.4 is 0 Å². The second-order valence-electron chi connectivity index (χ2n) is 6.36. The van der Waals surface area contributed by atoms with Crippen LogP contribution in [-0.2, 0) is 6.42 Å². The molecule has 1 saturated heterocycles. The maximum Gasteiger partial charge on any atom is 0.254 e. The van der Waals surface area contributed by atoms with Gasteiger partial charge in [0.15, 0.2) is 5.78 Å². The molecule has 1 aliphatic carbocycles. The van der Waals surface area contributed by atoms with Crippen LogP contribution in [0.2, 0.25) is 0 Å². The van der Waals surface area contributed by atoms with Crippen LogP contribution in [0, 0.1) is 5.92 Å². The highest BCUT2D eigenvalue weighted by Crippen LogP contribution is 2.28. The van der Waals surface area contributed by atoms with Gasteiger partial charge in [0.05, 0.1) is 6.10 Å². The number of piperidine rings is 1. The molecule has 0 aromatic heterocycles. The van der Waals surface area contributed by atoms with Crippen LogP contribution in [0.4, 0.5) is 0 Å². The first kappa shape index (κ1) is 15.2. The summed E-state index contributed by atoms with van der Waals surface area (Å²) in [6, 6.07) is 5.47. The van der Waals surface area contributed by atoms with E-state index >= 15 is 0 Å². The maximum absolute atomic E-state index is 12.8. The van der Waals surface area contributed by atoms with Crippen LogP contribution in [0.3, 0.4) is 0 Å². The molecule has 0 spiro atoms. The van der Waals surface area contributed by atoms with Gasteiger partial charge >= 0.3 is 0 Å². The van der Waals surface area contributed by atoms with Crippen LogP contribution >= 0.6 is 0 Å². The molecule has 1 aliphatic heterocycles. The summed E-state index contributed by atoms with van der Waals surface area (Å²) < 4.78 is 0.